The third-order valence-corrected chi connectivity index (χ3v) is 3.20. The Hall–Kier alpha value is -3.29. The van der Waals surface area contributed by atoms with Crippen molar-refractivity contribution in [3.8, 4) is 5.75 Å². The smallest absolute Gasteiger partial charge is 0.338 e. The maximum Gasteiger partial charge on any atom is 0.338 e. The molecule has 2 aromatic rings. The third kappa shape index (κ3) is 4.37. The van der Waals surface area contributed by atoms with E-state index in [-0.39, 0.29) is 23.5 Å². The lowest BCUT2D eigenvalue weighted by atomic mass is 10.1. The van der Waals surface area contributed by atoms with Crippen molar-refractivity contribution in [3.63, 3.8) is 0 Å². The second-order valence-corrected chi connectivity index (χ2v) is 4.85. The van der Waals surface area contributed by atoms with Crippen LogP contribution in [-0.4, -0.2) is 29.9 Å². The van der Waals surface area contributed by atoms with Gasteiger partial charge in [-0.1, -0.05) is 12.1 Å². The van der Waals surface area contributed by atoms with Gasteiger partial charge < -0.3 is 9.47 Å². The molecule has 0 amide bonds. The van der Waals surface area contributed by atoms with Crippen LogP contribution in [0.4, 0.5) is 10.1 Å². The summed E-state index contributed by atoms with van der Waals surface area (Å²) >= 11 is 0. The molecule has 0 fully saturated rings. The zero-order valence-corrected chi connectivity index (χ0v) is 13.2. The van der Waals surface area contributed by atoms with Crippen molar-refractivity contribution in [2.75, 3.05) is 13.2 Å². The molecule has 0 bridgehead atoms. The number of esters is 1. The van der Waals surface area contributed by atoms with Gasteiger partial charge in [0.15, 0.2) is 12.4 Å². The average molecular weight is 347 g/mol. The lowest BCUT2D eigenvalue weighted by molar-refractivity contribution is -0.385. The van der Waals surface area contributed by atoms with Crippen LogP contribution in [0.3, 0.4) is 0 Å². The average Bonchev–Trinajstić information content (AvgIpc) is 2.60. The highest BCUT2D eigenvalue weighted by molar-refractivity contribution is 5.99. The summed E-state index contributed by atoms with van der Waals surface area (Å²) in [6, 6.07) is 8.86. The highest BCUT2D eigenvalue weighted by Gasteiger charge is 2.20. The quantitative estimate of drug-likeness (QED) is 0.330. The lowest BCUT2D eigenvalue weighted by Gasteiger charge is -2.07. The van der Waals surface area contributed by atoms with Crippen molar-refractivity contribution in [2.45, 2.75) is 6.92 Å². The van der Waals surface area contributed by atoms with Crippen molar-refractivity contribution < 1.29 is 28.4 Å². The number of carbonyl (C=O) groups is 2. The van der Waals surface area contributed by atoms with Crippen LogP contribution in [0.25, 0.3) is 0 Å². The highest BCUT2D eigenvalue weighted by atomic mass is 19.1. The van der Waals surface area contributed by atoms with Crippen LogP contribution in [0.15, 0.2) is 42.5 Å². The Morgan fingerprint density at radius 3 is 2.56 bits per heavy atom. The van der Waals surface area contributed by atoms with Gasteiger partial charge in [-0.05, 0) is 31.2 Å². The van der Waals surface area contributed by atoms with E-state index in [1.807, 2.05) is 0 Å². The number of nitro benzene ring substituents is 1. The molecule has 0 atom stereocenters. The van der Waals surface area contributed by atoms with E-state index in [9.17, 15) is 24.1 Å². The van der Waals surface area contributed by atoms with E-state index < -0.39 is 34.8 Å². The number of halogens is 1. The summed E-state index contributed by atoms with van der Waals surface area (Å²) in [5, 5.41) is 11.0. The normalized spacial score (nSPS) is 10.2. The maximum atomic E-state index is 13.5. The molecule has 0 aliphatic heterocycles. The molecule has 0 heterocycles. The predicted octanol–water partition coefficient (Wildman–Crippen LogP) is 3.17. The molecule has 130 valence electrons. The molecule has 0 unspecified atom stereocenters. The summed E-state index contributed by atoms with van der Waals surface area (Å²) in [6.45, 7) is 1.21. The number of hydrogen-bond acceptors (Lipinski definition) is 6. The van der Waals surface area contributed by atoms with Crippen molar-refractivity contribution in [3.05, 3.63) is 69.5 Å². The molecule has 0 radical (unpaired) electrons. The van der Waals surface area contributed by atoms with Gasteiger partial charge in [0.05, 0.1) is 22.7 Å². The van der Waals surface area contributed by atoms with Gasteiger partial charge in [-0.25, -0.2) is 9.18 Å². The summed E-state index contributed by atoms with van der Waals surface area (Å²) in [6.07, 6.45) is 0. The molecule has 7 nitrogen and oxygen atoms in total. The van der Waals surface area contributed by atoms with Crippen LogP contribution >= 0.6 is 0 Å². The van der Waals surface area contributed by atoms with Gasteiger partial charge in [0.1, 0.15) is 5.82 Å². The number of hydrogen-bond donors (Lipinski definition) is 0. The summed E-state index contributed by atoms with van der Waals surface area (Å²) in [4.78, 5) is 34.2. The van der Waals surface area contributed by atoms with Gasteiger partial charge in [0, 0.05) is 6.07 Å². The molecule has 0 aliphatic rings. The molecule has 0 N–H and O–H groups in total. The van der Waals surface area contributed by atoms with Crippen LogP contribution in [0, 0.1) is 15.9 Å². The van der Waals surface area contributed by atoms with Crippen molar-refractivity contribution in [2.24, 2.45) is 0 Å². The minimum atomic E-state index is -0.934. The zero-order valence-electron chi connectivity index (χ0n) is 13.2. The van der Waals surface area contributed by atoms with Crippen LogP contribution in [0.2, 0.25) is 0 Å². The minimum Gasteiger partial charge on any atom is -0.487 e. The topological polar surface area (TPSA) is 95.7 Å². The number of ether oxygens (including phenoxy) is 2. The first-order valence-corrected chi connectivity index (χ1v) is 7.30. The second-order valence-electron chi connectivity index (χ2n) is 4.85. The minimum absolute atomic E-state index is 0.0199. The summed E-state index contributed by atoms with van der Waals surface area (Å²) in [5.74, 6) is -2.35. The van der Waals surface area contributed by atoms with E-state index in [2.05, 4.69) is 0 Å². The second kappa shape index (κ2) is 8.00. The number of nitro groups is 1. The molecule has 0 saturated carbocycles. The van der Waals surface area contributed by atoms with Gasteiger partial charge in [-0.15, -0.1) is 0 Å². The van der Waals surface area contributed by atoms with Crippen molar-refractivity contribution >= 4 is 17.4 Å². The molecular formula is C17H14FNO6. The van der Waals surface area contributed by atoms with Crippen LogP contribution < -0.4 is 4.74 Å². The van der Waals surface area contributed by atoms with Gasteiger partial charge >= 0.3 is 11.7 Å². The Morgan fingerprint density at radius 1 is 1.20 bits per heavy atom. The van der Waals surface area contributed by atoms with Gasteiger partial charge in [-0.3, -0.25) is 14.9 Å². The van der Waals surface area contributed by atoms with E-state index in [4.69, 9.17) is 9.47 Å². The third-order valence-electron chi connectivity index (χ3n) is 3.20. The summed E-state index contributed by atoms with van der Waals surface area (Å²) in [7, 11) is 0. The van der Waals surface area contributed by atoms with E-state index >= 15 is 0 Å². The Labute approximate surface area is 142 Å². The van der Waals surface area contributed by atoms with E-state index in [1.54, 1.807) is 6.92 Å². The first kappa shape index (κ1) is 18.1. The fourth-order valence-electron chi connectivity index (χ4n) is 2.04. The Bertz CT molecular complexity index is 821. The van der Waals surface area contributed by atoms with Crippen molar-refractivity contribution in [1.82, 2.24) is 0 Å². The number of benzene rings is 2. The molecule has 0 aromatic heterocycles. The Balaban J connectivity index is 2.11. The summed E-state index contributed by atoms with van der Waals surface area (Å²) < 4.78 is 23.4. The molecule has 2 aromatic carbocycles. The molecule has 0 aliphatic carbocycles. The Morgan fingerprint density at radius 2 is 1.92 bits per heavy atom. The van der Waals surface area contributed by atoms with Gasteiger partial charge in [0.25, 0.3) is 0 Å². The molecule has 0 saturated heterocycles. The molecule has 0 spiro atoms. The maximum absolute atomic E-state index is 13.5. The largest absolute Gasteiger partial charge is 0.487 e. The molecule has 2 rings (SSSR count). The number of carbonyl (C=O) groups excluding carboxylic acids is 2. The van der Waals surface area contributed by atoms with Crippen LogP contribution in [0.1, 0.15) is 27.6 Å². The van der Waals surface area contributed by atoms with Gasteiger partial charge in [0.2, 0.25) is 5.78 Å². The summed E-state index contributed by atoms with van der Waals surface area (Å²) in [5.41, 5.74) is -0.707. The fraction of sp³-hybridized carbons (Fsp3) is 0.176. The SMILES string of the molecule is CCOc1ccc(C(=O)OCC(=O)c2ccccc2F)cc1[N+](=O)[O-]. The first-order chi connectivity index (χ1) is 11.9. The molecule has 25 heavy (non-hydrogen) atoms. The number of rotatable bonds is 7. The Kier molecular flexibility index (Phi) is 5.78. The van der Waals surface area contributed by atoms with Crippen LogP contribution in [-0.2, 0) is 4.74 Å². The van der Waals surface area contributed by atoms with Gasteiger partial charge in [-0.2, -0.15) is 0 Å². The van der Waals surface area contributed by atoms with E-state index in [0.717, 1.165) is 12.1 Å². The lowest BCUT2D eigenvalue weighted by Crippen LogP contribution is -2.15. The number of nitrogens with zero attached hydrogens (tertiary/aromatic N) is 1. The van der Waals surface area contributed by atoms with Crippen LogP contribution in [0.5, 0.6) is 5.75 Å². The molecule has 8 heteroatoms. The number of ketones is 1. The standard InChI is InChI=1S/C17H14FNO6/c1-2-24-16-8-7-11(9-14(16)19(22)23)17(21)25-10-15(20)12-5-3-4-6-13(12)18/h3-9H,2,10H2,1H3. The van der Waals surface area contributed by atoms with E-state index in [1.165, 1.54) is 30.3 Å². The van der Waals surface area contributed by atoms with Crippen molar-refractivity contribution in [1.29, 1.82) is 0 Å². The molecular weight excluding hydrogens is 333 g/mol. The zero-order chi connectivity index (χ0) is 18.4. The predicted molar refractivity (Wildman–Crippen MR) is 85.3 cm³/mol. The number of Topliss-reactive ketones (excluding diaryl/α,β-unsaturated/α-hetero) is 1. The monoisotopic (exact) mass is 347 g/mol. The fourth-order valence-corrected chi connectivity index (χ4v) is 2.04. The van der Waals surface area contributed by atoms with E-state index in [0.29, 0.717) is 0 Å². The first-order valence-electron chi connectivity index (χ1n) is 7.30. The highest BCUT2D eigenvalue weighted by Crippen LogP contribution is 2.28.